The van der Waals surface area contributed by atoms with E-state index in [-0.39, 0.29) is 28.6 Å². The minimum atomic E-state index is -4.95. The van der Waals surface area contributed by atoms with E-state index >= 15 is 4.39 Å². The van der Waals surface area contributed by atoms with Gasteiger partial charge in [-0.05, 0) is 38.0 Å². The normalized spacial score (nSPS) is 25.4. The van der Waals surface area contributed by atoms with Crippen LogP contribution in [0.3, 0.4) is 0 Å². The topological polar surface area (TPSA) is 136 Å². The summed E-state index contributed by atoms with van der Waals surface area (Å²) in [4.78, 5) is 28.5. The maximum atomic E-state index is 15.0. The van der Waals surface area contributed by atoms with Gasteiger partial charge in [0.15, 0.2) is 17.2 Å². The number of ether oxygens (including phenoxy) is 2. The number of amides is 2. The number of halogens is 5. The van der Waals surface area contributed by atoms with Crippen LogP contribution in [0, 0.1) is 23.5 Å². The van der Waals surface area contributed by atoms with Crippen LogP contribution in [0.25, 0.3) is 0 Å². The number of nitrogens with one attached hydrogen (secondary N) is 1. The SMILES string of the molecule is C[C@H]1[C@@H](c2ccc(F)c(F)c2OCC(=NO)C2CC2)[C@H](C(=O)Nc2ccnc(C(N)=O)c2)O[C@@]1(C)C(F)(F)F. The minimum absolute atomic E-state index is 0.00518. The first kappa shape index (κ1) is 28.2. The van der Waals surface area contributed by atoms with Crippen LogP contribution in [0.2, 0.25) is 0 Å². The highest BCUT2D eigenvalue weighted by atomic mass is 19.4. The summed E-state index contributed by atoms with van der Waals surface area (Å²) in [6.45, 7) is 1.50. The molecule has 1 aromatic heterocycles. The Morgan fingerprint density at radius 1 is 1.28 bits per heavy atom. The molecule has 2 heterocycles. The fourth-order valence-electron chi connectivity index (χ4n) is 4.63. The van der Waals surface area contributed by atoms with Crippen molar-refractivity contribution < 1.29 is 46.2 Å². The summed E-state index contributed by atoms with van der Waals surface area (Å²) in [6, 6.07) is 4.15. The van der Waals surface area contributed by atoms with E-state index in [0.717, 1.165) is 25.3 Å². The number of carbonyl (C=O) groups excluding carboxylic acids is 2. The van der Waals surface area contributed by atoms with Crippen LogP contribution in [0.15, 0.2) is 35.6 Å². The van der Waals surface area contributed by atoms with Crippen molar-refractivity contribution in [1.29, 1.82) is 0 Å². The molecule has 4 N–H and O–H groups in total. The molecule has 4 atom stereocenters. The third-order valence-corrected chi connectivity index (χ3v) is 7.19. The summed E-state index contributed by atoms with van der Waals surface area (Å²) in [5.74, 6) is -8.53. The first-order valence-corrected chi connectivity index (χ1v) is 11.9. The lowest BCUT2D eigenvalue weighted by atomic mass is 9.77. The number of primary amides is 1. The number of pyridine rings is 1. The molecule has 2 aromatic rings. The molecular weight excluding hydrogens is 531 g/mol. The van der Waals surface area contributed by atoms with Crippen LogP contribution in [0.4, 0.5) is 27.6 Å². The van der Waals surface area contributed by atoms with E-state index in [9.17, 15) is 32.4 Å². The fourth-order valence-corrected chi connectivity index (χ4v) is 4.63. The smallest absolute Gasteiger partial charge is 0.417 e. The monoisotopic (exact) mass is 556 g/mol. The number of carbonyl (C=O) groups is 2. The van der Waals surface area contributed by atoms with E-state index < -0.39 is 65.5 Å². The van der Waals surface area contributed by atoms with Crippen molar-refractivity contribution in [3.63, 3.8) is 0 Å². The predicted octanol–water partition coefficient (Wildman–Crippen LogP) is 4.16. The number of anilines is 1. The molecule has 9 nitrogen and oxygen atoms in total. The third-order valence-electron chi connectivity index (χ3n) is 7.19. The summed E-state index contributed by atoms with van der Waals surface area (Å²) in [7, 11) is 0. The van der Waals surface area contributed by atoms with Gasteiger partial charge in [0.2, 0.25) is 5.82 Å². The van der Waals surface area contributed by atoms with Crippen molar-refractivity contribution >= 4 is 23.2 Å². The van der Waals surface area contributed by atoms with Gasteiger partial charge in [-0.25, -0.2) is 4.39 Å². The highest BCUT2D eigenvalue weighted by molar-refractivity contribution is 5.97. The van der Waals surface area contributed by atoms with Gasteiger partial charge in [-0.15, -0.1) is 0 Å². The zero-order valence-corrected chi connectivity index (χ0v) is 20.8. The zero-order valence-electron chi connectivity index (χ0n) is 20.8. The van der Waals surface area contributed by atoms with Gasteiger partial charge in [0.25, 0.3) is 11.8 Å². The number of aromatic nitrogens is 1. The van der Waals surface area contributed by atoms with Crippen molar-refractivity contribution in [1.82, 2.24) is 4.98 Å². The van der Waals surface area contributed by atoms with Gasteiger partial charge in [0.1, 0.15) is 18.4 Å². The maximum Gasteiger partial charge on any atom is 0.417 e. The number of alkyl halides is 3. The second-order valence-electron chi connectivity index (χ2n) is 9.67. The Hall–Kier alpha value is -3.81. The van der Waals surface area contributed by atoms with E-state index in [0.29, 0.717) is 18.9 Å². The summed E-state index contributed by atoms with van der Waals surface area (Å²) in [5.41, 5.74) is 2.04. The molecule has 2 amide bonds. The van der Waals surface area contributed by atoms with Crippen LogP contribution < -0.4 is 15.8 Å². The molecule has 210 valence electrons. The van der Waals surface area contributed by atoms with Gasteiger partial charge in [-0.1, -0.05) is 18.1 Å². The first-order valence-electron chi connectivity index (χ1n) is 11.9. The Balaban J connectivity index is 1.75. The molecular formula is C25H25F5N4O5. The standard InChI is InChI=1S/C25H25F5N4O5/c1-11-18(14-5-6-15(26)19(27)20(14)38-10-17(34-37)12-3-4-12)21(39-24(11,2)25(28,29)30)23(36)33-13-7-8-32-16(9-13)22(31)35/h5-9,11-12,18,21,37H,3-4,10H2,1-2H3,(H2,31,35)(H,32,33,36)/t11-,18-,21+,24+/m0/s1. The van der Waals surface area contributed by atoms with Crippen molar-refractivity contribution in [2.45, 2.75) is 50.5 Å². The molecule has 1 aromatic carbocycles. The Labute approximate surface area is 219 Å². The molecule has 0 spiro atoms. The molecule has 2 aliphatic rings. The van der Waals surface area contributed by atoms with E-state index in [2.05, 4.69) is 15.5 Å². The number of rotatable bonds is 8. The number of nitrogens with two attached hydrogens (primary N) is 1. The summed E-state index contributed by atoms with van der Waals surface area (Å²) in [6.07, 6.45) is -4.23. The Kier molecular flexibility index (Phi) is 7.52. The number of hydrogen-bond donors (Lipinski definition) is 3. The lowest BCUT2D eigenvalue weighted by Crippen LogP contribution is -2.47. The molecule has 0 unspecified atom stereocenters. The lowest BCUT2D eigenvalue weighted by Gasteiger charge is -2.32. The first-order chi connectivity index (χ1) is 18.3. The van der Waals surface area contributed by atoms with Crippen LogP contribution in [0.5, 0.6) is 5.75 Å². The summed E-state index contributed by atoms with van der Waals surface area (Å²) < 4.78 is 82.7. The minimum Gasteiger partial charge on any atom is -0.484 e. The van der Waals surface area contributed by atoms with Crippen LogP contribution >= 0.6 is 0 Å². The molecule has 39 heavy (non-hydrogen) atoms. The fraction of sp³-hybridized carbons (Fsp3) is 0.440. The summed E-state index contributed by atoms with van der Waals surface area (Å²) in [5, 5.41) is 14.7. The van der Waals surface area contributed by atoms with E-state index in [1.54, 1.807) is 0 Å². The van der Waals surface area contributed by atoms with Crippen LogP contribution in [0.1, 0.15) is 48.7 Å². The third kappa shape index (κ3) is 5.37. The van der Waals surface area contributed by atoms with Crippen LogP contribution in [-0.4, -0.2) is 52.2 Å². The van der Waals surface area contributed by atoms with Crippen molar-refractivity contribution in [3.05, 3.63) is 53.4 Å². The Morgan fingerprint density at radius 3 is 2.56 bits per heavy atom. The van der Waals surface area contributed by atoms with Gasteiger partial charge < -0.3 is 25.7 Å². The second kappa shape index (κ2) is 10.4. The van der Waals surface area contributed by atoms with E-state index in [1.807, 2.05) is 0 Å². The zero-order chi connectivity index (χ0) is 28.7. The maximum absolute atomic E-state index is 15.0. The van der Waals surface area contributed by atoms with Crippen molar-refractivity contribution in [2.24, 2.45) is 22.7 Å². The average Bonchev–Trinajstić information content (AvgIpc) is 3.67. The number of nitrogens with zero attached hydrogens (tertiary/aromatic N) is 2. The Bertz CT molecular complexity index is 1320. The molecule has 0 radical (unpaired) electrons. The van der Waals surface area contributed by atoms with Gasteiger partial charge in [0.05, 0.1) is 5.71 Å². The van der Waals surface area contributed by atoms with Crippen molar-refractivity contribution in [3.8, 4) is 5.75 Å². The lowest BCUT2D eigenvalue weighted by molar-refractivity contribution is -0.272. The largest absolute Gasteiger partial charge is 0.484 e. The average molecular weight is 556 g/mol. The molecule has 4 rings (SSSR count). The second-order valence-corrected chi connectivity index (χ2v) is 9.67. The molecule has 1 aliphatic heterocycles. The van der Waals surface area contributed by atoms with Gasteiger partial charge in [-0.3, -0.25) is 14.6 Å². The Morgan fingerprint density at radius 2 is 1.97 bits per heavy atom. The molecule has 1 saturated carbocycles. The summed E-state index contributed by atoms with van der Waals surface area (Å²) >= 11 is 0. The number of hydrogen-bond acceptors (Lipinski definition) is 7. The van der Waals surface area contributed by atoms with E-state index in [4.69, 9.17) is 15.2 Å². The molecule has 1 aliphatic carbocycles. The van der Waals surface area contributed by atoms with Gasteiger partial charge >= 0.3 is 6.18 Å². The van der Waals surface area contributed by atoms with Gasteiger partial charge in [-0.2, -0.15) is 17.6 Å². The molecule has 2 fully saturated rings. The number of benzene rings is 1. The quantitative estimate of drug-likeness (QED) is 0.193. The number of oxime groups is 1. The highest BCUT2D eigenvalue weighted by Gasteiger charge is 2.66. The van der Waals surface area contributed by atoms with Gasteiger partial charge in [0, 0.05) is 35.2 Å². The highest BCUT2D eigenvalue weighted by Crippen LogP contribution is 2.55. The van der Waals surface area contributed by atoms with Crippen molar-refractivity contribution in [2.75, 3.05) is 11.9 Å². The van der Waals surface area contributed by atoms with Crippen LogP contribution in [-0.2, 0) is 9.53 Å². The molecule has 0 bridgehead atoms. The predicted molar refractivity (Wildman–Crippen MR) is 126 cm³/mol. The van der Waals surface area contributed by atoms with E-state index in [1.165, 1.54) is 13.0 Å². The molecule has 1 saturated heterocycles. The molecule has 14 heteroatoms.